The van der Waals surface area contributed by atoms with Crippen molar-refractivity contribution in [1.82, 2.24) is 0 Å². The number of anilines is 2. The second-order valence-corrected chi connectivity index (χ2v) is 9.61. The molecule has 30 heavy (non-hydrogen) atoms. The predicted molar refractivity (Wildman–Crippen MR) is 119 cm³/mol. The summed E-state index contributed by atoms with van der Waals surface area (Å²) in [5.74, 6) is -0.439. The van der Waals surface area contributed by atoms with E-state index in [1.165, 1.54) is 0 Å². The van der Waals surface area contributed by atoms with Gasteiger partial charge in [-0.25, -0.2) is 8.42 Å². The Morgan fingerprint density at radius 2 is 1.80 bits per heavy atom. The third kappa shape index (κ3) is 4.41. The molecule has 2 aromatic carbocycles. The molecule has 3 rings (SSSR count). The molecule has 0 unspecified atom stereocenters. The highest BCUT2D eigenvalue weighted by atomic mass is 32.2. The number of amides is 2. The van der Waals surface area contributed by atoms with Gasteiger partial charge in [0.2, 0.25) is 11.8 Å². The molecule has 160 valence electrons. The van der Waals surface area contributed by atoms with E-state index in [1.54, 1.807) is 28.0 Å². The molecule has 0 saturated carbocycles. The van der Waals surface area contributed by atoms with E-state index in [0.29, 0.717) is 19.4 Å². The van der Waals surface area contributed by atoms with Crippen LogP contribution < -0.4 is 9.80 Å². The number of para-hydroxylation sites is 1. The van der Waals surface area contributed by atoms with E-state index in [9.17, 15) is 18.0 Å². The van der Waals surface area contributed by atoms with E-state index in [4.69, 9.17) is 0 Å². The molecule has 1 aliphatic heterocycles. The van der Waals surface area contributed by atoms with Gasteiger partial charge in [-0.2, -0.15) is 0 Å². The molecule has 1 heterocycles. The summed E-state index contributed by atoms with van der Waals surface area (Å²) >= 11 is 0. The summed E-state index contributed by atoms with van der Waals surface area (Å²) in [5.41, 5.74) is 2.40. The molecule has 0 spiro atoms. The summed E-state index contributed by atoms with van der Waals surface area (Å²) in [5, 5.41) is 0. The molecule has 6 nitrogen and oxygen atoms in total. The van der Waals surface area contributed by atoms with E-state index in [1.807, 2.05) is 51.1 Å². The van der Waals surface area contributed by atoms with Crippen LogP contribution in [0.25, 0.3) is 0 Å². The monoisotopic (exact) mass is 428 g/mol. The highest BCUT2D eigenvalue weighted by Crippen LogP contribution is 2.34. The fraction of sp³-hybridized carbons (Fsp3) is 0.391. The molecule has 0 bridgehead atoms. The van der Waals surface area contributed by atoms with E-state index in [0.717, 1.165) is 16.9 Å². The first-order valence-electron chi connectivity index (χ1n) is 10.3. The third-order valence-electron chi connectivity index (χ3n) is 5.47. The molecule has 1 aliphatic rings. The number of hydrogen-bond acceptors (Lipinski definition) is 4. The number of nitrogens with zero attached hydrogens (tertiary/aromatic N) is 2. The Kier molecular flexibility index (Phi) is 6.61. The summed E-state index contributed by atoms with van der Waals surface area (Å²) in [7, 11) is -3.61. The van der Waals surface area contributed by atoms with Crippen molar-refractivity contribution in [3.63, 3.8) is 0 Å². The normalized spacial score (nSPS) is 15.7. The van der Waals surface area contributed by atoms with Crippen molar-refractivity contribution in [3.8, 4) is 0 Å². The smallest absolute Gasteiger partial charge is 0.228 e. The Morgan fingerprint density at radius 3 is 2.43 bits per heavy atom. The number of hydrogen-bond donors (Lipinski definition) is 0. The van der Waals surface area contributed by atoms with Gasteiger partial charge in [-0.15, -0.1) is 0 Å². The van der Waals surface area contributed by atoms with Crippen LogP contribution in [-0.2, 0) is 25.8 Å². The zero-order valence-corrected chi connectivity index (χ0v) is 18.5. The predicted octanol–water partition coefficient (Wildman–Crippen LogP) is 3.59. The van der Waals surface area contributed by atoms with Crippen LogP contribution in [0.3, 0.4) is 0 Å². The molecule has 1 atom stereocenters. The first-order chi connectivity index (χ1) is 14.3. The van der Waals surface area contributed by atoms with Crippen LogP contribution in [0.4, 0.5) is 11.4 Å². The van der Waals surface area contributed by atoms with Crippen LogP contribution >= 0.6 is 0 Å². The van der Waals surface area contributed by atoms with Gasteiger partial charge in [0.05, 0.1) is 10.6 Å². The molecule has 2 aromatic rings. The zero-order chi connectivity index (χ0) is 21.9. The molecular weight excluding hydrogens is 400 g/mol. The molecular formula is C23H28N2O4S. The van der Waals surface area contributed by atoms with Crippen molar-refractivity contribution in [2.24, 2.45) is 0 Å². The Labute approximate surface area is 178 Å². The van der Waals surface area contributed by atoms with E-state index < -0.39 is 9.84 Å². The number of carbonyl (C=O) groups excluding carboxylic acids is 2. The second-order valence-electron chi connectivity index (χ2n) is 7.50. The summed E-state index contributed by atoms with van der Waals surface area (Å²) in [6.07, 6.45) is 0.946. The van der Waals surface area contributed by atoms with Gasteiger partial charge in [0.25, 0.3) is 0 Å². The van der Waals surface area contributed by atoms with Crippen molar-refractivity contribution in [2.45, 2.75) is 51.0 Å². The number of rotatable bonds is 7. The van der Waals surface area contributed by atoms with Gasteiger partial charge in [-0.3, -0.25) is 9.59 Å². The fourth-order valence-electron chi connectivity index (χ4n) is 3.94. The van der Waals surface area contributed by atoms with Gasteiger partial charge >= 0.3 is 0 Å². The summed E-state index contributed by atoms with van der Waals surface area (Å²) in [4.78, 5) is 28.4. The SMILES string of the molecule is CCC(=O)N1c2ccc(S(=O)(=O)CCC(=O)N(CC)c3ccccc3)cc2C[C@@H]1C. The number of benzene rings is 2. The van der Waals surface area contributed by atoms with Crippen molar-refractivity contribution in [2.75, 3.05) is 22.1 Å². The summed E-state index contributed by atoms with van der Waals surface area (Å²) < 4.78 is 25.8. The fourth-order valence-corrected chi connectivity index (χ4v) is 5.21. The molecule has 0 fully saturated rings. The lowest BCUT2D eigenvalue weighted by molar-refractivity contribution is -0.119. The Hall–Kier alpha value is -2.67. The maximum atomic E-state index is 12.9. The third-order valence-corrected chi connectivity index (χ3v) is 7.18. The molecule has 0 radical (unpaired) electrons. The minimum Gasteiger partial charge on any atom is -0.313 e. The van der Waals surface area contributed by atoms with Gasteiger partial charge in [-0.05, 0) is 56.2 Å². The minimum atomic E-state index is -3.61. The van der Waals surface area contributed by atoms with Gasteiger partial charge in [0.1, 0.15) is 0 Å². The molecule has 0 N–H and O–H groups in total. The van der Waals surface area contributed by atoms with Crippen LogP contribution in [0.5, 0.6) is 0 Å². The Balaban J connectivity index is 1.75. The summed E-state index contributed by atoms with van der Waals surface area (Å²) in [6, 6.07) is 14.2. The number of fused-ring (bicyclic) bond motifs is 1. The van der Waals surface area contributed by atoms with Crippen molar-refractivity contribution >= 4 is 33.0 Å². The highest BCUT2D eigenvalue weighted by molar-refractivity contribution is 7.91. The van der Waals surface area contributed by atoms with Gasteiger partial charge < -0.3 is 9.80 Å². The first kappa shape index (κ1) is 22.0. The van der Waals surface area contributed by atoms with E-state index in [-0.39, 0.29) is 34.9 Å². The maximum Gasteiger partial charge on any atom is 0.228 e. The number of sulfone groups is 1. The minimum absolute atomic E-state index is 0.0102. The van der Waals surface area contributed by atoms with E-state index >= 15 is 0 Å². The van der Waals surface area contributed by atoms with Gasteiger partial charge in [0, 0.05) is 36.8 Å². The Morgan fingerprint density at radius 1 is 1.10 bits per heavy atom. The maximum absolute atomic E-state index is 12.9. The Bertz CT molecular complexity index is 1030. The lowest BCUT2D eigenvalue weighted by atomic mass is 10.1. The average Bonchev–Trinajstić information content (AvgIpc) is 3.08. The molecule has 7 heteroatoms. The van der Waals surface area contributed by atoms with Crippen molar-refractivity contribution < 1.29 is 18.0 Å². The van der Waals surface area contributed by atoms with E-state index in [2.05, 4.69) is 0 Å². The van der Waals surface area contributed by atoms with Crippen LogP contribution in [0.2, 0.25) is 0 Å². The molecule has 0 saturated heterocycles. The molecule has 0 aliphatic carbocycles. The zero-order valence-electron chi connectivity index (χ0n) is 17.7. The second kappa shape index (κ2) is 9.00. The lowest BCUT2D eigenvalue weighted by Crippen LogP contribution is -2.35. The lowest BCUT2D eigenvalue weighted by Gasteiger charge is -2.22. The van der Waals surface area contributed by atoms with Crippen LogP contribution in [0, 0.1) is 0 Å². The van der Waals surface area contributed by atoms with Crippen LogP contribution in [0.1, 0.15) is 39.2 Å². The first-order valence-corrected chi connectivity index (χ1v) is 12.0. The molecule has 2 amide bonds. The standard InChI is InChI=1S/C23H28N2O4S/c1-4-22(26)25-17(3)15-18-16-20(11-12-21(18)25)30(28,29)14-13-23(27)24(5-2)19-9-7-6-8-10-19/h6-12,16-17H,4-5,13-15H2,1-3H3/t17-/m0/s1. The molecule has 0 aromatic heterocycles. The van der Waals surface area contributed by atoms with Crippen LogP contribution in [0.15, 0.2) is 53.4 Å². The van der Waals surface area contributed by atoms with Crippen LogP contribution in [-0.4, -0.2) is 38.6 Å². The van der Waals surface area contributed by atoms with Crippen molar-refractivity contribution in [1.29, 1.82) is 0 Å². The summed E-state index contributed by atoms with van der Waals surface area (Å²) in [6.45, 7) is 6.12. The number of carbonyl (C=O) groups is 2. The topological polar surface area (TPSA) is 74.8 Å². The average molecular weight is 429 g/mol. The highest BCUT2D eigenvalue weighted by Gasteiger charge is 2.31. The van der Waals surface area contributed by atoms with Gasteiger partial charge in [-0.1, -0.05) is 25.1 Å². The van der Waals surface area contributed by atoms with Crippen molar-refractivity contribution in [3.05, 3.63) is 54.1 Å². The largest absolute Gasteiger partial charge is 0.313 e. The quantitative estimate of drug-likeness (QED) is 0.675. The van der Waals surface area contributed by atoms with Gasteiger partial charge in [0.15, 0.2) is 9.84 Å².